The number of anilines is 1. The largest absolute Gasteiger partial charge is 0.494 e. The number of rotatable bonds is 7. The Morgan fingerprint density at radius 3 is 2.17 bits per heavy atom. The molecule has 0 heterocycles. The Hall–Kier alpha value is -2.82. The minimum atomic E-state index is -0.105. The number of nitrogens with one attached hydrogen (secondary N) is 2. The van der Waals surface area contributed by atoms with Crippen LogP contribution >= 0.6 is 0 Å². The Morgan fingerprint density at radius 2 is 1.58 bits per heavy atom. The van der Waals surface area contributed by atoms with Gasteiger partial charge in [0.1, 0.15) is 5.75 Å². The molecule has 0 aromatic heterocycles. The molecule has 0 radical (unpaired) electrons. The first-order chi connectivity index (χ1) is 11.6. The summed E-state index contributed by atoms with van der Waals surface area (Å²) in [5.41, 5.74) is 2.66. The molecule has 0 spiro atoms. The van der Waals surface area contributed by atoms with Gasteiger partial charge in [0.2, 0.25) is 11.8 Å². The molecule has 5 nitrogen and oxygen atoms in total. The molecule has 0 saturated carbocycles. The summed E-state index contributed by atoms with van der Waals surface area (Å²) in [7, 11) is 0. The van der Waals surface area contributed by atoms with Crippen molar-refractivity contribution in [2.24, 2.45) is 0 Å². The van der Waals surface area contributed by atoms with E-state index < -0.39 is 0 Å². The van der Waals surface area contributed by atoms with Crippen LogP contribution in [0.4, 0.5) is 5.69 Å². The summed E-state index contributed by atoms with van der Waals surface area (Å²) in [6.45, 7) is 4.48. The van der Waals surface area contributed by atoms with Crippen molar-refractivity contribution in [3.8, 4) is 5.75 Å². The van der Waals surface area contributed by atoms with Gasteiger partial charge < -0.3 is 15.4 Å². The fourth-order valence-electron chi connectivity index (χ4n) is 2.23. The van der Waals surface area contributed by atoms with E-state index in [4.69, 9.17) is 4.74 Å². The lowest BCUT2D eigenvalue weighted by molar-refractivity contribution is -0.120. The van der Waals surface area contributed by atoms with Gasteiger partial charge in [-0.25, -0.2) is 0 Å². The Balaban J connectivity index is 1.81. The van der Waals surface area contributed by atoms with Gasteiger partial charge in [0.05, 0.1) is 13.0 Å². The van der Waals surface area contributed by atoms with Gasteiger partial charge in [-0.3, -0.25) is 9.59 Å². The molecule has 0 aliphatic carbocycles. The lowest BCUT2D eigenvalue weighted by Gasteiger charge is -2.08. The first-order valence-corrected chi connectivity index (χ1v) is 7.92. The molecule has 2 aromatic rings. The third-order valence-corrected chi connectivity index (χ3v) is 3.36. The number of carbonyl (C=O) groups is 2. The molecule has 5 heteroatoms. The van der Waals surface area contributed by atoms with Gasteiger partial charge in [0, 0.05) is 19.2 Å². The summed E-state index contributed by atoms with van der Waals surface area (Å²) >= 11 is 0. The van der Waals surface area contributed by atoms with Crippen molar-refractivity contribution in [2.45, 2.75) is 26.8 Å². The topological polar surface area (TPSA) is 67.4 Å². The molecule has 0 aliphatic rings. The highest BCUT2D eigenvalue weighted by atomic mass is 16.5. The van der Waals surface area contributed by atoms with Crippen molar-refractivity contribution in [3.63, 3.8) is 0 Å². The van der Waals surface area contributed by atoms with E-state index in [0.717, 1.165) is 22.6 Å². The normalized spacial score (nSPS) is 10.1. The van der Waals surface area contributed by atoms with Crippen LogP contribution in [-0.2, 0) is 22.6 Å². The maximum absolute atomic E-state index is 12.0. The second-order valence-electron chi connectivity index (χ2n) is 5.41. The van der Waals surface area contributed by atoms with E-state index in [1.165, 1.54) is 6.92 Å². The molecule has 126 valence electrons. The van der Waals surface area contributed by atoms with Crippen molar-refractivity contribution in [1.29, 1.82) is 0 Å². The van der Waals surface area contributed by atoms with Gasteiger partial charge in [-0.15, -0.1) is 0 Å². The second kappa shape index (κ2) is 8.72. The molecule has 0 fully saturated rings. The van der Waals surface area contributed by atoms with E-state index in [1.54, 1.807) is 0 Å². The first kappa shape index (κ1) is 17.5. The number of carbonyl (C=O) groups excluding carboxylic acids is 2. The molecule has 24 heavy (non-hydrogen) atoms. The highest BCUT2D eigenvalue weighted by Crippen LogP contribution is 2.13. The smallest absolute Gasteiger partial charge is 0.224 e. The number of hydrogen-bond acceptors (Lipinski definition) is 3. The van der Waals surface area contributed by atoms with Gasteiger partial charge in [-0.1, -0.05) is 24.3 Å². The SMILES string of the molecule is CCOc1ccc(CC(=O)NCc2ccc(NC(C)=O)cc2)cc1. The van der Waals surface area contributed by atoms with E-state index in [2.05, 4.69) is 10.6 Å². The highest BCUT2D eigenvalue weighted by molar-refractivity contribution is 5.88. The average molecular weight is 326 g/mol. The molecule has 2 N–H and O–H groups in total. The summed E-state index contributed by atoms with van der Waals surface area (Å²) in [4.78, 5) is 23.0. The van der Waals surface area contributed by atoms with Gasteiger partial charge in [0.15, 0.2) is 0 Å². The Morgan fingerprint density at radius 1 is 0.958 bits per heavy atom. The molecule has 0 saturated heterocycles. The fourth-order valence-corrected chi connectivity index (χ4v) is 2.23. The number of hydrogen-bond donors (Lipinski definition) is 2. The maximum Gasteiger partial charge on any atom is 0.224 e. The van der Waals surface area contributed by atoms with Crippen molar-refractivity contribution < 1.29 is 14.3 Å². The van der Waals surface area contributed by atoms with Gasteiger partial charge in [-0.05, 0) is 42.3 Å². The quantitative estimate of drug-likeness (QED) is 0.822. The predicted octanol–water partition coefficient (Wildman–Crippen LogP) is 2.90. The fraction of sp³-hybridized carbons (Fsp3) is 0.263. The lowest BCUT2D eigenvalue weighted by atomic mass is 10.1. The number of ether oxygens (including phenoxy) is 1. The van der Waals surface area contributed by atoms with E-state index in [0.29, 0.717) is 19.6 Å². The van der Waals surface area contributed by atoms with E-state index in [1.807, 2.05) is 55.5 Å². The molecule has 0 atom stereocenters. The van der Waals surface area contributed by atoms with Crippen molar-refractivity contribution in [1.82, 2.24) is 5.32 Å². The van der Waals surface area contributed by atoms with Gasteiger partial charge in [-0.2, -0.15) is 0 Å². The lowest BCUT2D eigenvalue weighted by Crippen LogP contribution is -2.24. The molecule has 2 amide bonds. The van der Waals surface area contributed by atoms with Crippen molar-refractivity contribution in [3.05, 3.63) is 59.7 Å². The molecule has 0 aliphatic heterocycles. The zero-order valence-electron chi connectivity index (χ0n) is 14.0. The monoisotopic (exact) mass is 326 g/mol. The van der Waals surface area contributed by atoms with Crippen LogP contribution in [0.5, 0.6) is 5.75 Å². The average Bonchev–Trinajstić information content (AvgIpc) is 2.56. The van der Waals surface area contributed by atoms with Crippen LogP contribution in [0, 0.1) is 0 Å². The molecule has 0 bridgehead atoms. The Kier molecular flexibility index (Phi) is 6.37. The third kappa shape index (κ3) is 5.76. The number of amides is 2. The van der Waals surface area contributed by atoms with Crippen LogP contribution in [0.2, 0.25) is 0 Å². The standard InChI is InChI=1S/C19H22N2O3/c1-3-24-18-10-6-15(7-11-18)12-19(23)20-13-16-4-8-17(9-5-16)21-14(2)22/h4-11H,3,12-13H2,1-2H3,(H,20,23)(H,21,22). The zero-order chi connectivity index (χ0) is 17.4. The molecular formula is C19H22N2O3. The highest BCUT2D eigenvalue weighted by Gasteiger charge is 2.04. The predicted molar refractivity (Wildman–Crippen MR) is 93.9 cm³/mol. The zero-order valence-corrected chi connectivity index (χ0v) is 14.0. The maximum atomic E-state index is 12.0. The minimum absolute atomic E-state index is 0.0369. The van der Waals surface area contributed by atoms with Crippen LogP contribution in [-0.4, -0.2) is 18.4 Å². The van der Waals surface area contributed by atoms with Crippen LogP contribution in [0.3, 0.4) is 0 Å². The van der Waals surface area contributed by atoms with Crippen LogP contribution in [0.15, 0.2) is 48.5 Å². The third-order valence-electron chi connectivity index (χ3n) is 3.36. The van der Waals surface area contributed by atoms with Crippen molar-refractivity contribution in [2.75, 3.05) is 11.9 Å². The van der Waals surface area contributed by atoms with Crippen LogP contribution in [0.25, 0.3) is 0 Å². The summed E-state index contributed by atoms with van der Waals surface area (Å²) in [6.07, 6.45) is 0.330. The summed E-state index contributed by atoms with van der Waals surface area (Å²) in [5, 5.41) is 5.60. The van der Waals surface area contributed by atoms with Gasteiger partial charge >= 0.3 is 0 Å². The molecule has 0 unspecified atom stereocenters. The van der Waals surface area contributed by atoms with Crippen LogP contribution < -0.4 is 15.4 Å². The van der Waals surface area contributed by atoms with Gasteiger partial charge in [0.25, 0.3) is 0 Å². The second-order valence-corrected chi connectivity index (χ2v) is 5.41. The summed E-state index contributed by atoms with van der Waals surface area (Å²) in [6, 6.07) is 14.9. The summed E-state index contributed by atoms with van der Waals surface area (Å²) in [5.74, 6) is 0.664. The minimum Gasteiger partial charge on any atom is -0.494 e. The van der Waals surface area contributed by atoms with Crippen molar-refractivity contribution >= 4 is 17.5 Å². The molecule has 2 aromatic carbocycles. The van der Waals surface area contributed by atoms with E-state index in [-0.39, 0.29) is 11.8 Å². The Labute approximate surface area is 142 Å². The van der Waals surface area contributed by atoms with E-state index >= 15 is 0 Å². The number of benzene rings is 2. The molecule has 2 rings (SSSR count). The summed E-state index contributed by atoms with van der Waals surface area (Å²) < 4.78 is 5.38. The van der Waals surface area contributed by atoms with Crippen LogP contribution in [0.1, 0.15) is 25.0 Å². The van der Waals surface area contributed by atoms with E-state index in [9.17, 15) is 9.59 Å². The first-order valence-electron chi connectivity index (χ1n) is 7.92. The Bertz CT molecular complexity index is 679. The molecular weight excluding hydrogens is 304 g/mol.